The number of nitrogens with one attached hydrogen (secondary N) is 2. The van der Waals surface area contributed by atoms with Crippen molar-refractivity contribution in [2.75, 3.05) is 0 Å². The van der Waals surface area contributed by atoms with Gasteiger partial charge in [-0.3, -0.25) is 9.59 Å². The molecule has 0 saturated carbocycles. The van der Waals surface area contributed by atoms with E-state index in [9.17, 15) is 19.5 Å². The Morgan fingerprint density at radius 2 is 1.56 bits per heavy atom. The zero-order valence-electron chi connectivity index (χ0n) is 21.0. The lowest BCUT2D eigenvalue weighted by atomic mass is 9.94. The molecule has 0 saturated heterocycles. The number of carbonyl (C=O) groups is 3. The van der Waals surface area contributed by atoms with Crippen LogP contribution in [-0.2, 0) is 14.3 Å². The van der Waals surface area contributed by atoms with E-state index in [0.29, 0.717) is 11.1 Å². The molecule has 0 aliphatic rings. The van der Waals surface area contributed by atoms with Crippen molar-refractivity contribution < 1.29 is 24.2 Å². The Hall–Kier alpha value is -2.77. The molecule has 0 aliphatic heterocycles. The van der Waals surface area contributed by atoms with Gasteiger partial charge in [0.25, 0.3) is 0 Å². The SMILES string of the molecule is Cc1cc(C(C(=O)NC(C)C)N(C(=O)C(C)NC(=O)OC(C)(C)C)C(C)(C)C)ccc1O. The van der Waals surface area contributed by atoms with E-state index in [1.54, 1.807) is 46.8 Å². The first-order valence-corrected chi connectivity index (χ1v) is 10.9. The molecular weight excluding hydrogens is 410 g/mol. The molecule has 32 heavy (non-hydrogen) atoms. The van der Waals surface area contributed by atoms with E-state index in [4.69, 9.17) is 4.74 Å². The number of phenols is 1. The zero-order chi connectivity index (χ0) is 25.0. The summed E-state index contributed by atoms with van der Waals surface area (Å²) in [5.41, 5.74) is -0.316. The monoisotopic (exact) mass is 449 g/mol. The maximum atomic E-state index is 13.6. The minimum Gasteiger partial charge on any atom is -0.508 e. The van der Waals surface area contributed by atoms with Crippen molar-refractivity contribution in [2.24, 2.45) is 0 Å². The van der Waals surface area contributed by atoms with Crippen molar-refractivity contribution in [1.29, 1.82) is 0 Å². The Kier molecular flexibility index (Phi) is 8.72. The summed E-state index contributed by atoms with van der Waals surface area (Å²) in [7, 11) is 0. The fraction of sp³-hybridized carbons (Fsp3) is 0.625. The molecule has 1 aromatic carbocycles. The summed E-state index contributed by atoms with van der Waals surface area (Å²) in [6.45, 7) is 17.7. The Bertz CT molecular complexity index is 837. The summed E-state index contributed by atoms with van der Waals surface area (Å²) in [6.07, 6.45) is -0.712. The Balaban J connectivity index is 3.43. The first-order valence-electron chi connectivity index (χ1n) is 10.9. The molecule has 3 N–H and O–H groups in total. The van der Waals surface area contributed by atoms with Crippen LogP contribution in [0.4, 0.5) is 4.79 Å². The molecule has 0 spiro atoms. The molecule has 0 aromatic heterocycles. The molecule has 2 unspecified atom stereocenters. The van der Waals surface area contributed by atoms with Crippen molar-refractivity contribution in [2.45, 2.75) is 98.5 Å². The van der Waals surface area contributed by atoms with Gasteiger partial charge < -0.3 is 25.4 Å². The summed E-state index contributed by atoms with van der Waals surface area (Å²) in [5.74, 6) is -0.679. The largest absolute Gasteiger partial charge is 0.508 e. The maximum absolute atomic E-state index is 13.6. The number of alkyl carbamates (subject to hydrolysis) is 1. The normalized spacial score (nSPS) is 13.8. The number of rotatable bonds is 6. The fourth-order valence-electron chi connectivity index (χ4n) is 3.23. The van der Waals surface area contributed by atoms with Gasteiger partial charge in [0.2, 0.25) is 11.8 Å². The number of nitrogens with zero attached hydrogens (tertiary/aromatic N) is 1. The van der Waals surface area contributed by atoms with Crippen molar-refractivity contribution >= 4 is 17.9 Å². The number of hydrogen-bond donors (Lipinski definition) is 3. The summed E-state index contributed by atoms with van der Waals surface area (Å²) >= 11 is 0. The lowest BCUT2D eigenvalue weighted by Gasteiger charge is -2.43. The van der Waals surface area contributed by atoms with E-state index in [2.05, 4.69) is 10.6 Å². The summed E-state index contributed by atoms with van der Waals surface area (Å²) < 4.78 is 5.27. The third-order valence-electron chi connectivity index (χ3n) is 4.54. The summed E-state index contributed by atoms with van der Waals surface area (Å²) in [5, 5.41) is 15.4. The number of ether oxygens (including phenoxy) is 1. The second-order valence-corrected chi connectivity index (χ2v) is 10.4. The molecule has 8 nitrogen and oxygen atoms in total. The van der Waals surface area contributed by atoms with Crippen LogP contribution in [0, 0.1) is 6.92 Å². The highest BCUT2D eigenvalue weighted by Gasteiger charge is 2.41. The van der Waals surface area contributed by atoms with Crippen LogP contribution in [0.15, 0.2) is 18.2 Å². The minimum atomic E-state index is -0.966. The highest BCUT2D eigenvalue weighted by molar-refractivity contribution is 5.92. The Morgan fingerprint density at radius 1 is 1.00 bits per heavy atom. The maximum Gasteiger partial charge on any atom is 0.408 e. The van der Waals surface area contributed by atoms with Gasteiger partial charge in [-0.1, -0.05) is 6.07 Å². The average Bonchev–Trinajstić information content (AvgIpc) is 2.57. The quantitative estimate of drug-likeness (QED) is 0.612. The van der Waals surface area contributed by atoms with Crippen LogP contribution in [0.1, 0.15) is 79.5 Å². The van der Waals surface area contributed by atoms with Gasteiger partial charge in [0.1, 0.15) is 23.4 Å². The third kappa shape index (κ3) is 7.73. The number of aromatic hydroxyl groups is 1. The van der Waals surface area contributed by atoms with Crippen LogP contribution in [0.3, 0.4) is 0 Å². The molecule has 1 rings (SSSR count). The average molecular weight is 450 g/mol. The lowest BCUT2D eigenvalue weighted by molar-refractivity contribution is -0.148. The van der Waals surface area contributed by atoms with Gasteiger partial charge in [-0.25, -0.2) is 4.79 Å². The van der Waals surface area contributed by atoms with Gasteiger partial charge in [-0.2, -0.15) is 0 Å². The number of benzene rings is 1. The van der Waals surface area contributed by atoms with Crippen LogP contribution < -0.4 is 10.6 Å². The fourth-order valence-corrected chi connectivity index (χ4v) is 3.23. The van der Waals surface area contributed by atoms with E-state index in [1.165, 1.54) is 11.0 Å². The standard InChI is InChI=1S/C24H39N3O5/c1-14(2)25-20(29)19(17-11-12-18(28)15(3)13-17)27(23(5,6)7)21(30)16(4)26-22(31)32-24(8,9)10/h11-14,16,19,28H,1-10H3,(H,25,29)(H,26,31). The first kappa shape index (κ1) is 27.3. The van der Waals surface area contributed by atoms with Gasteiger partial charge in [-0.05, 0) is 92.5 Å². The van der Waals surface area contributed by atoms with E-state index < -0.39 is 35.2 Å². The molecule has 0 fully saturated rings. The minimum absolute atomic E-state index is 0.102. The van der Waals surface area contributed by atoms with Crippen LogP contribution in [-0.4, -0.2) is 51.1 Å². The summed E-state index contributed by atoms with van der Waals surface area (Å²) in [4.78, 5) is 40.6. The number of phenolic OH excluding ortho intramolecular Hbond substituents is 1. The molecule has 3 amide bonds. The van der Waals surface area contributed by atoms with Gasteiger partial charge >= 0.3 is 6.09 Å². The topological polar surface area (TPSA) is 108 Å². The van der Waals surface area contributed by atoms with Crippen molar-refractivity contribution in [3.63, 3.8) is 0 Å². The Labute approximate surface area is 191 Å². The van der Waals surface area contributed by atoms with E-state index in [0.717, 1.165) is 0 Å². The number of amides is 3. The molecule has 2 atom stereocenters. The van der Waals surface area contributed by atoms with Crippen molar-refractivity contribution in [3.05, 3.63) is 29.3 Å². The van der Waals surface area contributed by atoms with Crippen LogP contribution in [0.5, 0.6) is 5.75 Å². The number of hydrogen-bond acceptors (Lipinski definition) is 5. The number of carbonyl (C=O) groups excluding carboxylic acids is 3. The van der Waals surface area contributed by atoms with Gasteiger partial charge in [-0.15, -0.1) is 0 Å². The molecule has 8 heteroatoms. The predicted octanol–water partition coefficient (Wildman–Crippen LogP) is 3.81. The molecule has 0 aliphatic carbocycles. The third-order valence-corrected chi connectivity index (χ3v) is 4.54. The van der Waals surface area contributed by atoms with E-state index in [1.807, 2.05) is 34.6 Å². The van der Waals surface area contributed by atoms with Crippen LogP contribution in [0.25, 0.3) is 0 Å². The zero-order valence-corrected chi connectivity index (χ0v) is 21.0. The molecule has 0 radical (unpaired) electrons. The second-order valence-electron chi connectivity index (χ2n) is 10.4. The van der Waals surface area contributed by atoms with E-state index >= 15 is 0 Å². The molecule has 0 heterocycles. The van der Waals surface area contributed by atoms with E-state index in [-0.39, 0.29) is 17.7 Å². The predicted molar refractivity (Wildman–Crippen MR) is 124 cm³/mol. The van der Waals surface area contributed by atoms with Crippen LogP contribution >= 0.6 is 0 Å². The Morgan fingerprint density at radius 3 is 2.00 bits per heavy atom. The molecule has 180 valence electrons. The molecule has 0 bridgehead atoms. The highest BCUT2D eigenvalue weighted by Crippen LogP contribution is 2.32. The highest BCUT2D eigenvalue weighted by atomic mass is 16.6. The second kappa shape index (κ2) is 10.2. The first-order chi connectivity index (χ1) is 14.4. The van der Waals surface area contributed by atoms with Crippen molar-refractivity contribution in [3.8, 4) is 5.75 Å². The van der Waals surface area contributed by atoms with Crippen molar-refractivity contribution in [1.82, 2.24) is 15.5 Å². The summed E-state index contributed by atoms with van der Waals surface area (Å²) in [6, 6.07) is 2.79. The van der Waals surface area contributed by atoms with Gasteiger partial charge in [0, 0.05) is 11.6 Å². The number of aryl methyl sites for hydroxylation is 1. The van der Waals surface area contributed by atoms with Gasteiger partial charge in [0.05, 0.1) is 0 Å². The smallest absolute Gasteiger partial charge is 0.408 e. The molecular formula is C24H39N3O5. The molecule has 1 aromatic rings. The van der Waals surface area contributed by atoms with Crippen LogP contribution in [0.2, 0.25) is 0 Å². The van der Waals surface area contributed by atoms with Gasteiger partial charge in [0.15, 0.2) is 0 Å². The lowest BCUT2D eigenvalue weighted by Crippen LogP contribution is -2.58.